The van der Waals surface area contributed by atoms with E-state index in [1.54, 1.807) is 0 Å². The molecule has 0 radical (unpaired) electrons. The molecule has 112 valence electrons. The average molecular weight is 274 g/mol. The van der Waals surface area contributed by atoms with Gasteiger partial charge >= 0.3 is 0 Å². The van der Waals surface area contributed by atoms with E-state index in [0.717, 1.165) is 19.1 Å². The fourth-order valence-electron chi connectivity index (χ4n) is 3.03. The van der Waals surface area contributed by atoms with Crippen molar-refractivity contribution in [3.05, 3.63) is 35.4 Å². The van der Waals surface area contributed by atoms with Crippen LogP contribution in [0, 0.1) is 0 Å². The largest absolute Gasteiger partial charge is 0.313 e. The fourth-order valence-corrected chi connectivity index (χ4v) is 3.03. The first-order chi connectivity index (χ1) is 9.66. The summed E-state index contributed by atoms with van der Waals surface area (Å²) in [6.07, 6.45) is 5.44. The standard InChI is InChI=1S/C18H30N2/c1-15(2)17-9-7-16(8-10-17)14-19-12-11-18-6-4-5-13-20(18)3/h7-10,15,18-19H,4-6,11-14H2,1-3H3. The average Bonchev–Trinajstić information content (AvgIpc) is 2.46. The zero-order valence-electron chi connectivity index (χ0n) is 13.4. The molecular weight excluding hydrogens is 244 g/mol. The molecule has 1 N–H and O–H groups in total. The van der Waals surface area contributed by atoms with Crippen molar-refractivity contribution in [2.75, 3.05) is 20.1 Å². The van der Waals surface area contributed by atoms with Gasteiger partial charge in [-0.2, -0.15) is 0 Å². The molecule has 1 aliphatic heterocycles. The Hall–Kier alpha value is -0.860. The number of hydrogen-bond acceptors (Lipinski definition) is 2. The number of rotatable bonds is 6. The van der Waals surface area contributed by atoms with Gasteiger partial charge in [0.25, 0.3) is 0 Å². The highest BCUT2D eigenvalue weighted by atomic mass is 15.1. The van der Waals surface area contributed by atoms with Crippen LogP contribution in [0.25, 0.3) is 0 Å². The lowest BCUT2D eigenvalue weighted by atomic mass is 10.00. The van der Waals surface area contributed by atoms with Crippen LogP contribution in [0.4, 0.5) is 0 Å². The Balaban J connectivity index is 1.67. The molecule has 1 aliphatic rings. The molecule has 20 heavy (non-hydrogen) atoms. The third-order valence-electron chi connectivity index (χ3n) is 4.55. The van der Waals surface area contributed by atoms with E-state index in [1.165, 1.54) is 43.4 Å². The van der Waals surface area contributed by atoms with Crippen LogP contribution in [0.15, 0.2) is 24.3 Å². The van der Waals surface area contributed by atoms with Gasteiger partial charge in [0.15, 0.2) is 0 Å². The quantitative estimate of drug-likeness (QED) is 0.794. The maximum absolute atomic E-state index is 3.59. The van der Waals surface area contributed by atoms with Gasteiger partial charge in [0.05, 0.1) is 0 Å². The van der Waals surface area contributed by atoms with Gasteiger partial charge in [0.2, 0.25) is 0 Å². The van der Waals surface area contributed by atoms with Gasteiger partial charge in [0, 0.05) is 12.6 Å². The van der Waals surface area contributed by atoms with Gasteiger partial charge in [-0.25, -0.2) is 0 Å². The van der Waals surface area contributed by atoms with Gasteiger partial charge in [0.1, 0.15) is 0 Å². The summed E-state index contributed by atoms with van der Waals surface area (Å²) in [6.45, 7) is 7.89. The van der Waals surface area contributed by atoms with E-state index in [9.17, 15) is 0 Å². The highest BCUT2D eigenvalue weighted by molar-refractivity contribution is 5.24. The highest BCUT2D eigenvalue weighted by Crippen LogP contribution is 2.17. The molecule has 0 aromatic heterocycles. The molecule has 0 amide bonds. The van der Waals surface area contributed by atoms with Gasteiger partial charge in [-0.15, -0.1) is 0 Å². The van der Waals surface area contributed by atoms with Crippen molar-refractivity contribution < 1.29 is 0 Å². The van der Waals surface area contributed by atoms with Crippen molar-refractivity contribution in [1.29, 1.82) is 0 Å². The molecule has 1 aromatic rings. The predicted molar refractivity (Wildman–Crippen MR) is 87.1 cm³/mol. The summed E-state index contributed by atoms with van der Waals surface area (Å²) in [4.78, 5) is 2.53. The summed E-state index contributed by atoms with van der Waals surface area (Å²) in [5.74, 6) is 0.624. The molecular formula is C18H30N2. The summed E-state index contributed by atoms with van der Waals surface area (Å²) in [7, 11) is 2.27. The molecule has 1 aromatic carbocycles. The van der Waals surface area contributed by atoms with Crippen LogP contribution in [0.2, 0.25) is 0 Å². The number of nitrogens with zero attached hydrogens (tertiary/aromatic N) is 1. The van der Waals surface area contributed by atoms with Crippen molar-refractivity contribution >= 4 is 0 Å². The van der Waals surface area contributed by atoms with E-state index in [1.807, 2.05) is 0 Å². The van der Waals surface area contributed by atoms with Crippen molar-refractivity contribution in [3.63, 3.8) is 0 Å². The minimum Gasteiger partial charge on any atom is -0.313 e. The Morgan fingerprint density at radius 2 is 1.95 bits per heavy atom. The molecule has 1 heterocycles. The fraction of sp³-hybridized carbons (Fsp3) is 0.667. The Kier molecular flexibility index (Phi) is 6.06. The van der Waals surface area contributed by atoms with Crippen molar-refractivity contribution in [2.45, 2.75) is 58.0 Å². The van der Waals surface area contributed by atoms with Crippen LogP contribution in [0.1, 0.15) is 56.6 Å². The Bertz CT molecular complexity index is 383. The SMILES string of the molecule is CC(C)c1ccc(CNCCC2CCCCN2C)cc1. The van der Waals surface area contributed by atoms with E-state index in [-0.39, 0.29) is 0 Å². The van der Waals surface area contributed by atoms with Crippen LogP contribution in [-0.2, 0) is 6.54 Å². The summed E-state index contributed by atoms with van der Waals surface area (Å²) < 4.78 is 0. The van der Waals surface area contributed by atoms with Crippen LogP contribution in [0.3, 0.4) is 0 Å². The second kappa shape index (κ2) is 7.80. The molecule has 0 saturated carbocycles. The molecule has 1 unspecified atom stereocenters. The topological polar surface area (TPSA) is 15.3 Å². The third kappa shape index (κ3) is 4.60. The lowest BCUT2D eigenvalue weighted by molar-refractivity contribution is 0.175. The minimum absolute atomic E-state index is 0.624. The monoisotopic (exact) mass is 274 g/mol. The third-order valence-corrected chi connectivity index (χ3v) is 4.55. The molecule has 1 saturated heterocycles. The van der Waals surface area contributed by atoms with Crippen LogP contribution >= 0.6 is 0 Å². The van der Waals surface area contributed by atoms with Crippen molar-refractivity contribution in [1.82, 2.24) is 10.2 Å². The summed E-state index contributed by atoms with van der Waals surface area (Å²) in [5.41, 5.74) is 2.82. The maximum Gasteiger partial charge on any atom is 0.0205 e. The van der Waals surface area contributed by atoms with Gasteiger partial charge in [-0.1, -0.05) is 44.5 Å². The summed E-state index contributed by atoms with van der Waals surface area (Å²) >= 11 is 0. The second-order valence-electron chi connectivity index (χ2n) is 6.49. The molecule has 0 bridgehead atoms. The first kappa shape index (κ1) is 15.5. The Morgan fingerprint density at radius 3 is 2.60 bits per heavy atom. The predicted octanol–water partition coefficient (Wildman–Crippen LogP) is 3.77. The van der Waals surface area contributed by atoms with Gasteiger partial charge in [-0.05, 0) is 56.4 Å². The zero-order chi connectivity index (χ0) is 14.4. The van der Waals surface area contributed by atoms with Gasteiger partial charge in [-0.3, -0.25) is 0 Å². The smallest absolute Gasteiger partial charge is 0.0205 e. The normalized spacial score (nSPS) is 20.5. The van der Waals surface area contributed by atoms with Crippen molar-refractivity contribution in [3.8, 4) is 0 Å². The molecule has 2 heteroatoms. The number of nitrogens with one attached hydrogen (secondary N) is 1. The molecule has 1 fully saturated rings. The Morgan fingerprint density at radius 1 is 1.20 bits per heavy atom. The van der Waals surface area contributed by atoms with E-state index in [4.69, 9.17) is 0 Å². The molecule has 0 aliphatic carbocycles. The van der Waals surface area contributed by atoms with E-state index in [2.05, 4.69) is 55.4 Å². The molecule has 0 spiro atoms. The van der Waals surface area contributed by atoms with Crippen LogP contribution in [-0.4, -0.2) is 31.1 Å². The minimum atomic E-state index is 0.624. The number of piperidine rings is 1. The number of benzene rings is 1. The lowest BCUT2D eigenvalue weighted by Crippen LogP contribution is -2.38. The van der Waals surface area contributed by atoms with E-state index >= 15 is 0 Å². The molecule has 1 atom stereocenters. The first-order valence-electron chi connectivity index (χ1n) is 8.16. The lowest BCUT2D eigenvalue weighted by Gasteiger charge is -2.32. The molecule has 2 rings (SSSR count). The first-order valence-corrected chi connectivity index (χ1v) is 8.16. The highest BCUT2D eigenvalue weighted by Gasteiger charge is 2.17. The summed E-state index contributed by atoms with van der Waals surface area (Å²) in [6, 6.07) is 9.83. The van der Waals surface area contributed by atoms with Crippen molar-refractivity contribution in [2.24, 2.45) is 0 Å². The van der Waals surface area contributed by atoms with Gasteiger partial charge < -0.3 is 10.2 Å². The Labute approximate surface area is 124 Å². The maximum atomic E-state index is 3.59. The molecule has 2 nitrogen and oxygen atoms in total. The van der Waals surface area contributed by atoms with Crippen LogP contribution in [0.5, 0.6) is 0 Å². The summed E-state index contributed by atoms with van der Waals surface area (Å²) in [5, 5.41) is 3.59. The van der Waals surface area contributed by atoms with E-state index in [0.29, 0.717) is 5.92 Å². The second-order valence-corrected chi connectivity index (χ2v) is 6.49. The van der Waals surface area contributed by atoms with Crippen LogP contribution < -0.4 is 5.32 Å². The zero-order valence-corrected chi connectivity index (χ0v) is 13.4. The van der Waals surface area contributed by atoms with E-state index < -0.39 is 0 Å². The number of hydrogen-bond donors (Lipinski definition) is 1. The number of likely N-dealkylation sites (tertiary alicyclic amines) is 1.